The molecule has 0 spiro atoms. The summed E-state index contributed by atoms with van der Waals surface area (Å²) in [4.78, 5) is 19.3. The van der Waals surface area contributed by atoms with Crippen molar-refractivity contribution in [3.8, 4) is 0 Å². The van der Waals surface area contributed by atoms with E-state index in [1.165, 1.54) is 19.3 Å². The predicted octanol–water partition coefficient (Wildman–Crippen LogP) is 3.88. The standard InChI is InChI=1S/C13H19Cl2N3O2/c1-2-3-4-5-6-7-8-20-13(19)9-12(16)18-11(15)10(14)17-9/h2-8H2,1H3,(H2,16,18). The average molecular weight is 320 g/mol. The highest BCUT2D eigenvalue weighted by atomic mass is 35.5. The number of halogens is 2. The largest absolute Gasteiger partial charge is 0.461 e. The van der Waals surface area contributed by atoms with Gasteiger partial charge in [0.05, 0.1) is 6.61 Å². The molecule has 0 unspecified atom stereocenters. The summed E-state index contributed by atoms with van der Waals surface area (Å²) in [5, 5.41) is -0.0935. The zero-order chi connectivity index (χ0) is 15.0. The van der Waals surface area contributed by atoms with E-state index in [1.807, 2.05) is 0 Å². The number of nitrogens with two attached hydrogens (primary N) is 1. The molecule has 0 radical (unpaired) electrons. The number of carbonyl (C=O) groups is 1. The van der Waals surface area contributed by atoms with Crippen molar-refractivity contribution in [2.24, 2.45) is 0 Å². The van der Waals surface area contributed by atoms with Gasteiger partial charge < -0.3 is 10.5 Å². The summed E-state index contributed by atoms with van der Waals surface area (Å²) in [6, 6.07) is 0. The van der Waals surface area contributed by atoms with Gasteiger partial charge in [-0.2, -0.15) is 0 Å². The van der Waals surface area contributed by atoms with Crippen LogP contribution in [0.2, 0.25) is 10.3 Å². The Morgan fingerprint density at radius 2 is 1.70 bits per heavy atom. The molecule has 1 heterocycles. The smallest absolute Gasteiger partial charge is 0.360 e. The number of carbonyl (C=O) groups excluding carboxylic acids is 1. The van der Waals surface area contributed by atoms with E-state index in [0.29, 0.717) is 6.61 Å². The van der Waals surface area contributed by atoms with Crippen molar-refractivity contribution in [1.29, 1.82) is 0 Å². The van der Waals surface area contributed by atoms with Crippen molar-refractivity contribution in [1.82, 2.24) is 9.97 Å². The molecule has 0 atom stereocenters. The van der Waals surface area contributed by atoms with Gasteiger partial charge in [-0.3, -0.25) is 0 Å². The van der Waals surface area contributed by atoms with Crippen LogP contribution >= 0.6 is 23.2 Å². The number of anilines is 1. The van der Waals surface area contributed by atoms with Crippen molar-refractivity contribution >= 4 is 35.0 Å². The molecule has 20 heavy (non-hydrogen) atoms. The molecule has 0 fully saturated rings. The van der Waals surface area contributed by atoms with Crippen molar-refractivity contribution in [3.05, 3.63) is 16.0 Å². The minimum atomic E-state index is -0.623. The number of nitrogen functional groups attached to an aromatic ring is 1. The Balaban J connectivity index is 2.34. The van der Waals surface area contributed by atoms with Gasteiger partial charge in [0.1, 0.15) is 0 Å². The topological polar surface area (TPSA) is 78.1 Å². The predicted molar refractivity (Wildman–Crippen MR) is 80.1 cm³/mol. The molecule has 1 rings (SSSR count). The highest BCUT2D eigenvalue weighted by molar-refractivity contribution is 6.40. The maximum Gasteiger partial charge on any atom is 0.360 e. The van der Waals surface area contributed by atoms with Crippen LogP contribution in [-0.2, 0) is 4.74 Å². The Kier molecular flexibility index (Phi) is 7.62. The molecule has 2 N–H and O–H groups in total. The van der Waals surface area contributed by atoms with Crippen molar-refractivity contribution in [2.45, 2.75) is 45.4 Å². The maximum atomic E-state index is 11.8. The van der Waals surface area contributed by atoms with Crippen LogP contribution in [0.5, 0.6) is 0 Å². The lowest BCUT2D eigenvalue weighted by Crippen LogP contribution is -2.13. The van der Waals surface area contributed by atoms with E-state index in [2.05, 4.69) is 16.9 Å². The van der Waals surface area contributed by atoms with Gasteiger partial charge in [-0.15, -0.1) is 0 Å². The molecule has 0 aliphatic carbocycles. The molecule has 1 aromatic rings. The Bertz CT molecular complexity index is 455. The molecule has 0 bridgehead atoms. The number of hydrogen-bond acceptors (Lipinski definition) is 5. The molecule has 5 nitrogen and oxygen atoms in total. The quantitative estimate of drug-likeness (QED) is 0.581. The minimum absolute atomic E-state index is 0.0309. The van der Waals surface area contributed by atoms with Gasteiger partial charge in [-0.25, -0.2) is 14.8 Å². The number of rotatable bonds is 8. The summed E-state index contributed by atoms with van der Waals surface area (Å²) in [5.74, 6) is -0.700. The van der Waals surface area contributed by atoms with Crippen LogP contribution < -0.4 is 5.73 Å². The third kappa shape index (κ3) is 5.51. The summed E-state index contributed by atoms with van der Waals surface area (Å²) in [5.41, 5.74) is 5.47. The fourth-order valence-corrected chi connectivity index (χ4v) is 1.93. The molecule has 7 heteroatoms. The number of nitrogens with zero attached hydrogens (tertiary/aromatic N) is 2. The molecular formula is C13H19Cl2N3O2. The summed E-state index contributed by atoms with van der Waals surface area (Å²) < 4.78 is 5.09. The van der Waals surface area contributed by atoms with Crippen LogP contribution in [0, 0.1) is 0 Å². The molecule has 0 saturated heterocycles. The number of esters is 1. The fraction of sp³-hybridized carbons (Fsp3) is 0.615. The van der Waals surface area contributed by atoms with Crippen molar-refractivity contribution in [3.63, 3.8) is 0 Å². The first-order valence-electron chi connectivity index (χ1n) is 6.72. The lowest BCUT2D eigenvalue weighted by Gasteiger charge is -2.06. The zero-order valence-corrected chi connectivity index (χ0v) is 13.0. The molecule has 0 saturated carbocycles. The summed E-state index contributed by atoms with van der Waals surface area (Å²) in [6.45, 7) is 2.51. The molecular weight excluding hydrogens is 301 g/mol. The monoisotopic (exact) mass is 319 g/mol. The van der Waals surface area contributed by atoms with Crippen LogP contribution in [0.25, 0.3) is 0 Å². The highest BCUT2D eigenvalue weighted by Crippen LogP contribution is 2.20. The van der Waals surface area contributed by atoms with Crippen LogP contribution in [0.1, 0.15) is 55.9 Å². The van der Waals surface area contributed by atoms with Crippen molar-refractivity contribution in [2.75, 3.05) is 12.3 Å². The number of unbranched alkanes of at least 4 members (excludes halogenated alkanes) is 5. The third-order valence-electron chi connectivity index (χ3n) is 2.77. The average Bonchev–Trinajstić information content (AvgIpc) is 2.41. The van der Waals surface area contributed by atoms with E-state index < -0.39 is 5.97 Å². The van der Waals surface area contributed by atoms with E-state index in [0.717, 1.165) is 19.3 Å². The molecule has 0 aliphatic rings. The summed E-state index contributed by atoms with van der Waals surface area (Å²) in [7, 11) is 0. The lowest BCUT2D eigenvalue weighted by molar-refractivity contribution is 0.0491. The highest BCUT2D eigenvalue weighted by Gasteiger charge is 2.17. The van der Waals surface area contributed by atoms with Gasteiger partial charge in [0, 0.05) is 0 Å². The Morgan fingerprint density at radius 3 is 2.40 bits per heavy atom. The minimum Gasteiger partial charge on any atom is -0.461 e. The molecule has 0 amide bonds. The van der Waals surface area contributed by atoms with E-state index in [1.54, 1.807) is 0 Å². The first-order valence-corrected chi connectivity index (χ1v) is 7.47. The van der Waals surface area contributed by atoms with Crippen molar-refractivity contribution < 1.29 is 9.53 Å². The van der Waals surface area contributed by atoms with Crippen LogP contribution in [0.4, 0.5) is 5.82 Å². The Morgan fingerprint density at radius 1 is 1.10 bits per heavy atom. The second kappa shape index (κ2) is 8.97. The first kappa shape index (κ1) is 17.0. The Labute approximate surface area is 128 Å². The lowest BCUT2D eigenvalue weighted by atomic mass is 10.1. The van der Waals surface area contributed by atoms with E-state index in [-0.39, 0.29) is 21.8 Å². The summed E-state index contributed by atoms with van der Waals surface area (Å²) >= 11 is 11.3. The van der Waals surface area contributed by atoms with E-state index in [4.69, 9.17) is 33.7 Å². The first-order chi connectivity index (χ1) is 9.56. The molecule has 0 aliphatic heterocycles. The van der Waals surface area contributed by atoms with Gasteiger partial charge >= 0.3 is 5.97 Å². The van der Waals surface area contributed by atoms with Crippen LogP contribution in [-0.4, -0.2) is 22.5 Å². The molecule has 112 valence electrons. The SMILES string of the molecule is CCCCCCCCOC(=O)c1nc(Cl)c(Cl)nc1N. The fourth-order valence-electron chi connectivity index (χ4n) is 1.67. The van der Waals surface area contributed by atoms with Gasteiger partial charge in [-0.1, -0.05) is 62.2 Å². The normalized spacial score (nSPS) is 10.6. The van der Waals surface area contributed by atoms with E-state index in [9.17, 15) is 4.79 Å². The van der Waals surface area contributed by atoms with Crippen LogP contribution in [0.3, 0.4) is 0 Å². The van der Waals surface area contributed by atoms with Gasteiger partial charge in [0.25, 0.3) is 0 Å². The van der Waals surface area contributed by atoms with E-state index >= 15 is 0 Å². The van der Waals surface area contributed by atoms with Gasteiger partial charge in [0.15, 0.2) is 21.8 Å². The molecule has 0 aromatic carbocycles. The molecule has 1 aromatic heterocycles. The second-order valence-electron chi connectivity index (χ2n) is 4.44. The third-order valence-corrected chi connectivity index (χ3v) is 3.39. The Hall–Kier alpha value is -1.07. The zero-order valence-electron chi connectivity index (χ0n) is 11.5. The summed E-state index contributed by atoms with van der Waals surface area (Å²) in [6.07, 6.45) is 6.69. The number of aromatic nitrogens is 2. The maximum absolute atomic E-state index is 11.8. The number of ether oxygens (including phenoxy) is 1. The van der Waals surface area contributed by atoms with Gasteiger partial charge in [-0.05, 0) is 6.42 Å². The number of hydrogen-bond donors (Lipinski definition) is 1. The van der Waals surface area contributed by atoms with Crippen LogP contribution in [0.15, 0.2) is 0 Å². The second-order valence-corrected chi connectivity index (χ2v) is 5.16. The van der Waals surface area contributed by atoms with Gasteiger partial charge in [0.2, 0.25) is 0 Å².